The number of amides is 1. The molecule has 0 radical (unpaired) electrons. The molecule has 4 rings (SSSR count). The highest BCUT2D eigenvalue weighted by atomic mass is 16.1. The van der Waals surface area contributed by atoms with Gasteiger partial charge in [0.05, 0.1) is 34.7 Å². The average Bonchev–Trinajstić information content (AvgIpc) is 3.01. The van der Waals surface area contributed by atoms with Gasteiger partial charge in [0.1, 0.15) is 11.8 Å². The summed E-state index contributed by atoms with van der Waals surface area (Å²) in [5, 5.41) is 17.4. The third-order valence-electron chi connectivity index (χ3n) is 5.23. The van der Waals surface area contributed by atoms with Gasteiger partial charge in [-0.3, -0.25) is 14.5 Å². The summed E-state index contributed by atoms with van der Waals surface area (Å²) in [7, 11) is 0. The molecule has 1 aromatic carbocycles. The molecule has 0 atom stereocenters. The van der Waals surface area contributed by atoms with Gasteiger partial charge in [-0.15, -0.1) is 0 Å². The standard InChI is InChI=1S/C24H22N6O/c1-14-5-8-22-20(9-14)21(10-15(2)27-22)24(31)28-23-16(3)29-30(17(23)4)13-18-6-7-19(11-25)26-12-18/h5-10,12H,13H2,1-4H3,(H,28,31). The maximum atomic E-state index is 13.2. The number of carbonyl (C=O) groups excluding carboxylic acids is 1. The smallest absolute Gasteiger partial charge is 0.256 e. The van der Waals surface area contributed by atoms with Crippen LogP contribution in [0.1, 0.15) is 44.3 Å². The van der Waals surface area contributed by atoms with E-state index in [0.717, 1.165) is 39.1 Å². The number of pyridine rings is 2. The van der Waals surface area contributed by atoms with Crippen LogP contribution in [0.5, 0.6) is 0 Å². The van der Waals surface area contributed by atoms with Gasteiger partial charge >= 0.3 is 0 Å². The molecule has 0 aliphatic rings. The van der Waals surface area contributed by atoms with Crippen LogP contribution in [-0.2, 0) is 6.54 Å². The highest BCUT2D eigenvalue weighted by Crippen LogP contribution is 2.24. The van der Waals surface area contributed by atoms with Crippen molar-refractivity contribution in [2.45, 2.75) is 34.2 Å². The summed E-state index contributed by atoms with van der Waals surface area (Å²) < 4.78 is 1.83. The Bertz CT molecular complexity index is 1350. The van der Waals surface area contributed by atoms with E-state index in [2.05, 4.69) is 20.4 Å². The van der Waals surface area contributed by atoms with Gasteiger partial charge in [0.2, 0.25) is 0 Å². The minimum atomic E-state index is -0.188. The summed E-state index contributed by atoms with van der Waals surface area (Å²) in [6, 6.07) is 13.3. The van der Waals surface area contributed by atoms with Gasteiger partial charge in [-0.05, 0) is 57.5 Å². The fourth-order valence-electron chi connectivity index (χ4n) is 3.63. The maximum absolute atomic E-state index is 13.2. The zero-order chi connectivity index (χ0) is 22.1. The van der Waals surface area contributed by atoms with Crippen LogP contribution in [-0.4, -0.2) is 25.7 Å². The van der Waals surface area contributed by atoms with Gasteiger partial charge in [-0.1, -0.05) is 17.7 Å². The largest absolute Gasteiger partial charge is 0.319 e. The van der Waals surface area contributed by atoms with Crippen LogP contribution >= 0.6 is 0 Å². The average molecular weight is 410 g/mol. The van der Waals surface area contributed by atoms with Crippen molar-refractivity contribution >= 4 is 22.5 Å². The minimum absolute atomic E-state index is 0.188. The number of fused-ring (bicyclic) bond motifs is 1. The molecule has 0 spiro atoms. The third kappa shape index (κ3) is 4.01. The molecule has 0 fully saturated rings. The van der Waals surface area contributed by atoms with Crippen molar-refractivity contribution in [2.75, 3.05) is 5.32 Å². The maximum Gasteiger partial charge on any atom is 0.256 e. The van der Waals surface area contributed by atoms with Crippen LogP contribution in [0.4, 0.5) is 5.69 Å². The molecule has 154 valence electrons. The van der Waals surface area contributed by atoms with E-state index in [9.17, 15) is 4.79 Å². The number of carbonyl (C=O) groups is 1. The number of nitrogens with one attached hydrogen (secondary N) is 1. The lowest BCUT2D eigenvalue weighted by Gasteiger charge is -2.10. The molecule has 7 heteroatoms. The van der Waals surface area contributed by atoms with Crippen molar-refractivity contribution in [2.24, 2.45) is 0 Å². The van der Waals surface area contributed by atoms with Crippen LogP contribution in [0.2, 0.25) is 0 Å². The van der Waals surface area contributed by atoms with Gasteiger partial charge in [-0.25, -0.2) is 4.98 Å². The summed E-state index contributed by atoms with van der Waals surface area (Å²) in [5.41, 5.74) is 6.83. The molecule has 4 aromatic rings. The lowest BCUT2D eigenvalue weighted by atomic mass is 10.0. The number of hydrogen-bond acceptors (Lipinski definition) is 5. The summed E-state index contributed by atoms with van der Waals surface area (Å²) in [5.74, 6) is -0.188. The Balaban J connectivity index is 1.64. The van der Waals surface area contributed by atoms with Crippen LogP contribution < -0.4 is 5.32 Å². The molecule has 3 heterocycles. The Kier molecular flexibility index (Phi) is 5.22. The Morgan fingerprint density at radius 2 is 1.94 bits per heavy atom. The Morgan fingerprint density at radius 1 is 1.13 bits per heavy atom. The molecule has 0 saturated heterocycles. The number of benzene rings is 1. The van der Waals surface area contributed by atoms with Crippen molar-refractivity contribution in [1.29, 1.82) is 5.26 Å². The van der Waals surface area contributed by atoms with Gasteiger partial charge in [0, 0.05) is 17.3 Å². The Labute approximate surface area is 180 Å². The monoisotopic (exact) mass is 410 g/mol. The fourth-order valence-corrected chi connectivity index (χ4v) is 3.63. The topological polar surface area (TPSA) is 96.5 Å². The zero-order valence-electron chi connectivity index (χ0n) is 17.9. The Morgan fingerprint density at radius 3 is 2.65 bits per heavy atom. The van der Waals surface area contributed by atoms with E-state index in [0.29, 0.717) is 23.5 Å². The normalized spacial score (nSPS) is 10.8. The number of nitriles is 1. The summed E-state index contributed by atoms with van der Waals surface area (Å²) in [6.45, 7) is 8.17. The highest BCUT2D eigenvalue weighted by Gasteiger charge is 2.18. The van der Waals surface area contributed by atoms with E-state index in [1.807, 2.05) is 68.8 Å². The predicted molar refractivity (Wildman–Crippen MR) is 119 cm³/mol. The quantitative estimate of drug-likeness (QED) is 0.543. The second kappa shape index (κ2) is 8.00. The molecule has 31 heavy (non-hydrogen) atoms. The summed E-state index contributed by atoms with van der Waals surface area (Å²) in [4.78, 5) is 21.9. The van der Waals surface area contributed by atoms with E-state index in [4.69, 9.17) is 5.26 Å². The van der Waals surface area contributed by atoms with Crippen LogP contribution in [0.15, 0.2) is 42.6 Å². The van der Waals surface area contributed by atoms with E-state index < -0.39 is 0 Å². The molecule has 7 nitrogen and oxygen atoms in total. The summed E-state index contributed by atoms with van der Waals surface area (Å²) >= 11 is 0. The van der Waals surface area contributed by atoms with Crippen molar-refractivity contribution in [3.8, 4) is 6.07 Å². The molecule has 0 aliphatic heterocycles. The van der Waals surface area contributed by atoms with Crippen molar-refractivity contribution < 1.29 is 4.79 Å². The molecule has 0 unspecified atom stereocenters. The second-order valence-corrected chi connectivity index (χ2v) is 7.65. The van der Waals surface area contributed by atoms with Gasteiger partial charge in [0.25, 0.3) is 5.91 Å². The second-order valence-electron chi connectivity index (χ2n) is 7.65. The molecular formula is C24H22N6O. The first-order chi connectivity index (χ1) is 14.9. The molecule has 0 bridgehead atoms. The molecule has 0 aliphatic carbocycles. The molecule has 3 aromatic heterocycles. The van der Waals surface area contributed by atoms with Crippen molar-refractivity contribution in [1.82, 2.24) is 19.7 Å². The molecule has 1 N–H and O–H groups in total. The van der Waals surface area contributed by atoms with Crippen molar-refractivity contribution in [3.05, 3.63) is 82.1 Å². The first-order valence-electron chi connectivity index (χ1n) is 9.94. The summed E-state index contributed by atoms with van der Waals surface area (Å²) in [6.07, 6.45) is 1.67. The molecule has 1 amide bonds. The van der Waals surface area contributed by atoms with Gasteiger partial charge in [0.15, 0.2) is 0 Å². The Hall–Kier alpha value is -4.05. The van der Waals surface area contributed by atoms with E-state index >= 15 is 0 Å². The lowest BCUT2D eigenvalue weighted by Crippen LogP contribution is -2.14. The predicted octanol–water partition coefficient (Wildman–Crippen LogP) is 4.23. The van der Waals surface area contributed by atoms with Crippen molar-refractivity contribution in [3.63, 3.8) is 0 Å². The molecular weight excluding hydrogens is 388 g/mol. The number of hydrogen-bond donors (Lipinski definition) is 1. The van der Waals surface area contributed by atoms with Crippen LogP contribution in [0, 0.1) is 39.0 Å². The van der Waals surface area contributed by atoms with Gasteiger partial charge < -0.3 is 5.32 Å². The van der Waals surface area contributed by atoms with Gasteiger partial charge in [-0.2, -0.15) is 10.4 Å². The SMILES string of the molecule is Cc1ccc2nc(C)cc(C(=O)Nc3c(C)nn(Cc4ccc(C#N)nc4)c3C)c2c1. The number of aryl methyl sites for hydroxylation is 3. The fraction of sp³-hybridized carbons (Fsp3) is 0.208. The number of rotatable bonds is 4. The minimum Gasteiger partial charge on any atom is -0.319 e. The molecule has 0 saturated carbocycles. The first kappa shape index (κ1) is 20.2. The highest BCUT2D eigenvalue weighted by molar-refractivity contribution is 6.12. The van der Waals surface area contributed by atoms with Crippen LogP contribution in [0.25, 0.3) is 10.9 Å². The van der Waals surface area contributed by atoms with E-state index in [1.54, 1.807) is 12.3 Å². The number of anilines is 1. The number of aromatic nitrogens is 4. The zero-order valence-corrected chi connectivity index (χ0v) is 17.9. The lowest BCUT2D eigenvalue weighted by molar-refractivity contribution is 0.102. The van der Waals surface area contributed by atoms with E-state index in [1.165, 1.54) is 0 Å². The third-order valence-corrected chi connectivity index (χ3v) is 5.23. The first-order valence-corrected chi connectivity index (χ1v) is 9.94. The van der Waals surface area contributed by atoms with Crippen LogP contribution in [0.3, 0.4) is 0 Å². The van der Waals surface area contributed by atoms with E-state index in [-0.39, 0.29) is 5.91 Å². The number of nitrogens with zero attached hydrogens (tertiary/aromatic N) is 5.